The molecule has 0 unspecified atom stereocenters. The number of benzene rings is 2. The molecular formula is C23H28N2O3. The van der Waals surface area contributed by atoms with E-state index in [0.29, 0.717) is 5.56 Å². The van der Waals surface area contributed by atoms with Crippen LogP contribution in [0, 0.1) is 5.41 Å². The summed E-state index contributed by atoms with van der Waals surface area (Å²) in [6.45, 7) is 4.60. The topological polar surface area (TPSA) is 60.9 Å². The number of piperidine rings is 1. The van der Waals surface area contributed by atoms with Gasteiger partial charge in [0.25, 0.3) is 0 Å². The van der Waals surface area contributed by atoms with Gasteiger partial charge in [0.2, 0.25) is 5.91 Å². The first kappa shape index (κ1) is 20.1. The van der Waals surface area contributed by atoms with Gasteiger partial charge in [0.05, 0.1) is 11.0 Å². The Labute approximate surface area is 166 Å². The van der Waals surface area contributed by atoms with Gasteiger partial charge in [-0.1, -0.05) is 42.5 Å². The van der Waals surface area contributed by atoms with Crippen molar-refractivity contribution in [2.75, 3.05) is 27.2 Å². The first-order valence-corrected chi connectivity index (χ1v) is 9.66. The number of nitrogens with zero attached hydrogens (tertiary/aromatic N) is 2. The van der Waals surface area contributed by atoms with Gasteiger partial charge in [0.15, 0.2) is 0 Å². The first-order chi connectivity index (χ1) is 13.3. The number of carbonyl (C=O) groups is 2. The lowest BCUT2D eigenvalue weighted by atomic mass is 9.80. The molecule has 0 aromatic heterocycles. The summed E-state index contributed by atoms with van der Waals surface area (Å²) in [4.78, 5) is 28.0. The van der Waals surface area contributed by atoms with E-state index in [-0.39, 0.29) is 11.3 Å². The molecule has 1 heterocycles. The molecule has 2 aromatic carbocycles. The van der Waals surface area contributed by atoms with E-state index in [1.165, 1.54) is 0 Å². The van der Waals surface area contributed by atoms with Crippen LogP contribution in [0.5, 0.6) is 0 Å². The van der Waals surface area contributed by atoms with Crippen molar-refractivity contribution in [3.05, 3.63) is 59.7 Å². The second-order valence-electron chi connectivity index (χ2n) is 8.12. The molecule has 148 valence electrons. The molecule has 1 aliphatic rings. The van der Waals surface area contributed by atoms with Crippen molar-refractivity contribution in [1.29, 1.82) is 0 Å². The quantitative estimate of drug-likeness (QED) is 0.858. The summed E-state index contributed by atoms with van der Waals surface area (Å²) in [5.41, 5.74) is 2.77. The molecule has 0 spiro atoms. The van der Waals surface area contributed by atoms with Crippen LogP contribution in [-0.2, 0) is 11.3 Å². The molecule has 2 aromatic rings. The smallest absolute Gasteiger partial charge is 0.336 e. The van der Waals surface area contributed by atoms with E-state index >= 15 is 0 Å². The monoisotopic (exact) mass is 380 g/mol. The molecule has 3 rings (SSSR count). The van der Waals surface area contributed by atoms with Gasteiger partial charge < -0.3 is 10.0 Å². The van der Waals surface area contributed by atoms with Crippen molar-refractivity contribution >= 4 is 11.9 Å². The van der Waals surface area contributed by atoms with Crippen molar-refractivity contribution in [2.24, 2.45) is 5.41 Å². The van der Waals surface area contributed by atoms with Gasteiger partial charge in [-0.2, -0.15) is 0 Å². The number of rotatable bonds is 5. The predicted octanol–water partition coefficient (Wildman–Crippen LogP) is 3.74. The summed E-state index contributed by atoms with van der Waals surface area (Å²) < 4.78 is 0. The molecule has 28 heavy (non-hydrogen) atoms. The zero-order valence-corrected chi connectivity index (χ0v) is 16.8. The van der Waals surface area contributed by atoms with E-state index < -0.39 is 5.97 Å². The maximum absolute atomic E-state index is 12.6. The molecule has 1 amide bonds. The molecule has 5 heteroatoms. The summed E-state index contributed by atoms with van der Waals surface area (Å²) in [5.74, 6) is -0.726. The molecule has 0 radical (unpaired) electrons. The zero-order chi connectivity index (χ0) is 20.3. The maximum Gasteiger partial charge on any atom is 0.336 e. The summed E-state index contributed by atoms with van der Waals surface area (Å²) in [7, 11) is 3.64. The molecule has 1 atom stereocenters. The van der Waals surface area contributed by atoms with E-state index in [2.05, 4.69) is 11.8 Å². The minimum Gasteiger partial charge on any atom is -0.478 e. The van der Waals surface area contributed by atoms with Crippen molar-refractivity contribution in [1.82, 2.24) is 9.80 Å². The van der Waals surface area contributed by atoms with E-state index in [0.717, 1.165) is 49.2 Å². The Balaban J connectivity index is 1.73. The molecule has 1 N–H and O–H groups in total. The Kier molecular flexibility index (Phi) is 5.84. The lowest BCUT2D eigenvalue weighted by Crippen LogP contribution is -2.49. The van der Waals surface area contributed by atoms with Crippen LogP contribution in [0.2, 0.25) is 0 Å². The number of hydrogen-bond donors (Lipinski definition) is 1. The van der Waals surface area contributed by atoms with Crippen molar-refractivity contribution in [2.45, 2.75) is 26.3 Å². The number of carboxylic acids is 1. The number of amides is 1. The van der Waals surface area contributed by atoms with Gasteiger partial charge in [-0.25, -0.2) is 4.79 Å². The van der Waals surface area contributed by atoms with Crippen LogP contribution >= 0.6 is 0 Å². The zero-order valence-electron chi connectivity index (χ0n) is 16.8. The average molecular weight is 380 g/mol. The number of likely N-dealkylation sites (tertiary alicyclic amines) is 1. The highest BCUT2D eigenvalue weighted by atomic mass is 16.4. The number of carbonyl (C=O) groups excluding carboxylic acids is 1. The van der Waals surface area contributed by atoms with Crippen LogP contribution in [0.25, 0.3) is 11.1 Å². The third kappa shape index (κ3) is 4.25. The van der Waals surface area contributed by atoms with Gasteiger partial charge in [-0.15, -0.1) is 0 Å². The molecule has 1 aliphatic heterocycles. The lowest BCUT2D eigenvalue weighted by Gasteiger charge is -2.40. The highest BCUT2D eigenvalue weighted by molar-refractivity contribution is 5.96. The minimum absolute atomic E-state index is 0.192. The largest absolute Gasteiger partial charge is 0.478 e. The van der Waals surface area contributed by atoms with Crippen LogP contribution in [-0.4, -0.2) is 54.0 Å². The van der Waals surface area contributed by atoms with Gasteiger partial charge in [0, 0.05) is 27.2 Å². The van der Waals surface area contributed by atoms with Crippen molar-refractivity contribution in [3.8, 4) is 11.1 Å². The molecule has 1 saturated heterocycles. The van der Waals surface area contributed by atoms with Crippen LogP contribution < -0.4 is 0 Å². The Hall–Kier alpha value is -2.66. The normalized spacial score (nSPS) is 20.0. The Morgan fingerprint density at radius 3 is 2.43 bits per heavy atom. The number of carboxylic acid groups (broad SMARTS) is 1. The lowest BCUT2D eigenvalue weighted by molar-refractivity contribution is -0.141. The number of aromatic carboxylic acids is 1. The summed E-state index contributed by atoms with van der Waals surface area (Å²) in [5, 5.41) is 9.39. The van der Waals surface area contributed by atoms with E-state index in [1.807, 2.05) is 50.5 Å². The van der Waals surface area contributed by atoms with Crippen LogP contribution in [0.1, 0.15) is 35.7 Å². The second-order valence-corrected chi connectivity index (χ2v) is 8.12. The third-order valence-corrected chi connectivity index (χ3v) is 5.53. The molecule has 1 fully saturated rings. The van der Waals surface area contributed by atoms with Crippen LogP contribution in [0.4, 0.5) is 0 Å². The minimum atomic E-state index is -0.919. The molecule has 5 nitrogen and oxygen atoms in total. The van der Waals surface area contributed by atoms with E-state index in [4.69, 9.17) is 0 Å². The highest BCUT2D eigenvalue weighted by Gasteiger charge is 2.38. The molecular weight excluding hydrogens is 352 g/mol. The SMILES string of the molecule is CN(C)C(=O)[C@@]1(C)CCCN(Cc2ccc(-c3ccccc3C(=O)O)cc2)C1. The fourth-order valence-electron chi connectivity index (χ4n) is 4.16. The third-order valence-electron chi connectivity index (χ3n) is 5.53. The maximum atomic E-state index is 12.6. The fourth-order valence-corrected chi connectivity index (χ4v) is 4.16. The fraction of sp³-hybridized carbons (Fsp3) is 0.391. The second kappa shape index (κ2) is 8.15. The van der Waals surface area contributed by atoms with Gasteiger partial charge in [-0.05, 0) is 49.1 Å². The number of hydrogen-bond acceptors (Lipinski definition) is 3. The molecule has 0 aliphatic carbocycles. The Bertz CT molecular complexity index is 860. The summed E-state index contributed by atoms with van der Waals surface area (Å²) >= 11 is 0. The summed E-state index contributed by atoms with van der Waals surface area (Å²) in [6.07, 6.45) is 1.94. The predicted molar refractivity (Wildman–Crippen MR) is 110 cm³/mol. The molecule has 0 bridgehead atoms. The van der Waals surface area contributed by atoms with Crippen LogP contribution in [0.15, 0.2) is 48.5 Å². The average Bonchev–Trinajstić information content (AvgIpc) is 2.68. The standard InChI is InChI=1S/C23H28N2O3/c1-23(22(28)24(2)3)13-6-14-25(16-23)15-17-9-11-18(12-10-17)19-7-4-5-8-20(19)21(26)27/h4-5,7-12H,6,13-16H2,1-3H3,(H,26,27)/t23-/m0/s1. The Morgan fingerprint density at radius 2 is 1.79 bits per heavy atom. The van der Waals surface area contributed by atoms with Gasteiger partial charge in [-0.3, -0.25) is 9.69 Å². The van der Waals surface area contributed by atoms with E-state index in [1.54, 1.807) is 17.0 Å². The van der Waals surface area contributed by atoms with E-state index in [9.17, 15) is 14.7 Å². The van der Waals surface area contributed by atoms with Crippen molar-refractivity contribution < 1.29 is 14.7 Å². The molecule has 0 saturated carbocycles. The Morgan fingerprint density at radius 1 is 1.11 bits per heavy atom. The van der Waals surface area contributed by atoms with Crippen LogP contribution in [0.3, 0.4) is 0 Å². The van der Waals surface area contributed by atoms with Gasteiger partial charge in [0.1, 0.15) is 0 Å². The van der Waals surface area contributed by atoms with Gasteiger partial charge >= 0.3 is 5.97 Å². The summed E-state index contributed by atoms with van der Waals surface area (Å²) in [6, 6.07) is 15.1. The van der Waals surface area contributed by atoms with Crippen molar-refractivity contribution in [3.63, 3.8) is 0 Å². The highest BCUT2D eigenvalue weighted by Crippen LogP contribution is 2.32. The first-order valence-electron chi connectivity index (χ1n) is 9.66.